The van der Waals surface area contributed by atoms with Gasteiger partial charge in [0.25, 0.3) is 0 Å². The van der Waals surface area contributed by atoms with Crippen LogP contribution < -0.4 is 0 Å². The molecule has 1 aromatic rings. The van der Waals surface area contributed by atoms with Gasteiger partial charge in [0, 0.05) is 10.9 Å². The second kappa shape index (κ2) is 6.44. The Morgan fingerprint density at radius 1 is 1.50 bits per heavy atom. The van der Waals surface area contributed by atoms with Crippen LogP contribution in [0.15, 0.2) is 28.7 Å². The molecule has 1 rings (SSSR count). The van der Waals surface area contributed by atoms with Crippen molar-refractivity contribution in [2.24, 2.45) is 0 Å². The number of halogens is 1. The first-order valence-electron chi connectivity index (χ1n) is 5.37. The highest BCUT2D eigenvalue weighted by atomic mass is 79.9. The Hall–Kier alpha value is -1.14. The average Bonchev–Trinajstić information content (AvgIpc) is 2.30. The number of carbonyl (C=O) groups excluding carboxylic acids is 1. The summed E-state index contributed by atoms with van der Waals surface area (Å²) in [7, 11) is 0. The van der Waals surface area contributed by atoms with Crippen LogP contribution in [0.3, 0.4) is 0 Å². The maximum Gasteiger partial charge on any atom is 0.154 e. The molecule has 1 aromatic carbocycles. The number of benzene rings is 1. The monoisotopic (exact) mass is 279 g/mol. The molecule has 0 heterocycles. The van der Waals surface area contributed by atoms with Crippen molar-refractivity contribution in [2.45, 2.75) is 32.1 Å². The summed E-state index contributed by atoms with van der Waals surface area (Å²) >= 11 is 3.37. The molecule has 1 unspecified atom stereocenters. The van der Waals surface area contributed by atoms with Gasteiger partial charge in [0.2, 0.25) is 0 Å². The third-order valence-corrected chi connectivity index (χ3v) is 3.17. The molecule has 0 aliphatic carbocycles. The molecule has 0 fully saturated rings. The van der Waals surface area contributed by atoms with E-state index in [9.17, 15) is 4.79 Å². The van der Waals surface area contributed by atoms with E-state index in [0.29, 0.717) is 6.42 Å². The standard InChI is InChI=1S/C13H14BrNO/c1-2-3-8-13(16)11(9-15)10-6-4-5-7-12(10)14/h4-7,11H,2-3,8H2,1H3. The highest BCUT2D eigenvalue weighted by Crippen LogP contribution is 2.26. The van der Waals surface area contributed by atoms with Crippen molar-refractivity contribution in [3.05, 3.63) is 34.3 Å². The van der Waals surface area contributed by atoms with Crippen LogP contribution >= 0.6 is 15.9 Å². The third kappa shape index (κ3) is 3.18. The quantitative estimate of drug-likeness (QED) is 0.822. The summed E-state index contributed by atoms with van der Waals surface area (Å²) in [6, 6.07) is 9.48. The summed E-state index contributed by atoms with van der Waals surface area (Å²) in [4.78, 5) is 11.8. The van der Waals surface area contributed by atoms with E-state index in [0.717, 1.165) is 22.9 Å². The van der Waals surface area contributed by atoms with Crippen LogP contribution in [0.25, 0.3) is 0 Å². The minimum atomic E-state index is -0.637. The van der Waals surface area contributed by atoms with Crippen molar-refractivity contribution in [2.75, 3.05) is 0 Å². The summed E-state index contributed by atoms with van der Waals surface area (Å²) < 4.78 is 0.825. The maximum absolute atomic E-state index is 11.8. The molecule has 0 aliphatic rings. The van der Waals surface area contributed by atoms with E-state index in [-0.39, 0.29) is 5.78 Å². The number of unbranched alkanes of at least 4 members (excludes halogenated alkanes) is 1. The first kappa shape index (κ1) is 12.9. The smallest absolute Gasteiger partial charge is 0.154 e. The number of rotatable bonds is 5. The topological polar surface area (TPSA) is 40.9 Å². The van der Waals surface area contributed by atoms with Crippen molar-refractivity contribution in [3.8, 4) is 6.07 Å². The summed E-state index contributed by atoms with van der Waals surface area (Å²) in [6.45, 7) is 2.03. The minimum Gasteiger partial charge on any atom is -0.298 e. The van der Waals surface area contributed by atoms with Gasteiger partial charge in [0.1, 0.15) is 5.92 Å². The van der Waals surface area contributed by atoms with E-state index in [1.54, 1.807) is 0 Å². The highest BCUT2D eigenvalue weighted by Gasteiger charge is 2.21. The van der Waals surface area contributed by atoms with Gasteiger partial charge in [-0.05, 0) is 18.1 Å². The first-order chi connectivity index (χ1) is 7.70. The minimum absolute atomic E-state index is 0.0104. The number of hydrogen-bond donors (Lipinski definition) is 0. The SMILES string of the molecule is CCCCC(=O)C(C#N)c1ccccc1Br. The van der Waals surface area contributed by atoms with Crippen LogP contribution in [0.1, 0.15) is 37.7 Å². The third-order valence-electron chi connectivity index (χ3n) is 2.44. The number of carbonyl (C=O) groups is 1. The second-order valence-corrected chi connectivity index (χ2v) is 4.51. The van der Waals surface area contributed by atoms with Gasteiger partial charge in [-0.1, -0.05) is 47.5 Å². The normalized spacial score (nSPS) is 11.8. The molecule has 0 saturated carbocycles. The molecule has 16 heavy (non-hydrogen) atoms. The Morgan fingerprint density at radius 3 is 2.75 bits per heavy atom. The van der Waals surface area contributed by atoms with E-state index < -0.39 is 5.92 Å². The van der Waals surface area contributed by atoms with Crippen molar-refractivity contribution in [3.63, 3.8) is 0 Å². The van der Waals surface area contributed by atoms with Gasteiger partial charge >= 0.3 is 0 Å². The van der Waals surface area contributed by atoms with E-state index in [1.807, 2.05) is 31.2 Å². The van der Waals surface area contributed by atoms with E-state index >= 15 is 0 Å². The van der Waals surface area contributed by atoms with Crippen LogP contribution in [-0.4, -0.2) is 5.78 Å². The molecule has 84 valence electrons. The number of ketones is 1. The second-order valence-electron chi connectivity index (χ2n) is 3.65. The zero-order chi connectivity index (χ0) is 12.0. The number of Topliss-reactive ketones (excluding diaryl/α,β-unsaturated/α-hetero) is 1. The largest absolute Gasteiger partial charge is 0.298 e. The molecule has 0 bridgehead atoms. The molecule has 0 aromatic heterocycles. The molecule has 0 aliphatic heterocycles. The lowest BCUT2D eigenvalue weighted by molar-refractivity contribution is -0.119. The summed E-state index contributed by atoms with van der Waals surface area (Å²) in [5.41, 5.74) is 0.770. The molecule has 0 saturated heterocycles. The number of nitrogens with zero attached hydrogens (tertiary/aromatic N) is 1. The lowest BCUT2D eigenvalue weighted by Crippen LogP contribution is -2.11. The van der Waals surface area contributed by atoms with Crippen LogP contribution in [0, 0.1) is 11.3 Å². The summed E-state index contributed by atoms with van der Waals surface area (Å²) in [5.74, 6) is -0.627. The lowest BCUT2D eigenvalue weighted by Gasteiger charge is -2.09. The van der Waals surface area contributed by atoms with Crippen LogP contribution in [0.5, 0.6) is 0 Å². The van der Waals surface area contributed by atoms with E-state index in [4.69, 9.17) is 5.26 Å². The summed E-state index contributed by atoms with van der Waals surface area (Å²) in [5, 5.41) is 9.08. The predicted octanol–water partition coefficient (Wildman–Crippen LogP) is 3.82. The van der Waals surface area contributed by atoms with Gasteiger partial charge in [-0.25, -0.2) is 0 Å². The van der Waals surface area contributed by atoms with Gasteiger partial charge in [-0.2, -0.15) is 5.26 Å². The van der Waals surface area contributed by atoms with E-state index in [2.05, 4.69) is 22.0 Å². The Morgan fingerprint density at radius 2 is 2.19 bits per heavy atom. The van der Waals surface area contributed by atoms with Crippen molar-refractivity contribution in [1.82, 2.24) is 0 Å². The molecule has 2 nitrogen and oxygen atoms in total. The fourth-order valence-corrected chi connectivity index (χ4v) is 2.03. The molecular formula is C13H14BrNO. The van der Waals surface area contributed by atoms with Crippen LogP contribution in [0.2, 0.25) is 0 Å². The molecule has 1 atom stereocenters. The molecule has 0 spiro atoms. The fourth-order valence-electron chi connectivity index (χ4n) is 1.52. The molecule has 0 radical (unpaired) electrons. The Bertz CT molecular complexity index is 409. The summed E-state index contributed by atoms with van der Waals surface area (Å²) in [6.07, 6.45) is 2.30. The van der Waals surface area contributed by atoms with Crippen molar-refractivity contribution >= 4 is 21.7 Å². The first-order valence-corrected chi connectivity index (χ1v) is 6.16. The number of hydrogen-bond acceptors (Lipinski definition) is 2. The Labute approximate surface area is 104 Å². The zero-order valence-electron chi connectivity index (χ0n) is 9.24. The van der Waals surface area contributed by atoms with Gasteiger partial charge in [0.15, 0.2) is 5.78 Å². The predicted molar refractivity (Wildman–Crippen MR) is 67.0 cm³/mol. The molecular weight excluding hydrogens is 266 g/mol. The Balaban J connectivity index is 2.87. The van der Waals surface area contributed by atoms with Crippen LogP contribution in [0.4, 0.5) is 0 Å². The highest BCUT2D eigenvalue weighted by molar-refractivity contribution is 9.10. The maximum atomic E-state index is 11.8. The van der Waals surface area contributed by atoms with Crippen molar-refractivity contribution in [1.29, 1.82) is 5.26 Å². The molecule has 3 heteroatoms. The molecule has 0 amide bonds. The van der Waals surface area contributed by atoms with E-state index in [1.165, 1.54) is 0 Å². The lowest BCUT2D eigenvalue weighted by atomic mass is 9.93. The Kier molecular flexibility index (Phi) is 5.21. The fraction of sp³-hybridized carbons (Fsp3) is 0.385. The van der Waals surface area contributed by atoms with Gasteiger partial charge in [0.05, 0.1) is 6.07 Å². The average molecular weight is 280 g/mol. The van der Waals surface area contributed by atoms with Crippen molar-refractivity contribution < 1.29 is 4.79 Å². The number of nitriles is 1. The van der Waals surface area contributed by atoms with Gasteiger partial charge in [-0.15, -0.1) is 0 Å². The van der Waals surface area contributed by atoms with Gasteiger partial charge in [-0.3, -0.25) is 4.79 Å². The molecule has 0 N–H and O–H groups in total. The zero-order valence-corrected chi connectivity index (χ0v) is 10.8. The van der Waals surface area contributed by atoms with Crippen LogP contribution in [-0.2, 0) is 4.79 Å². The van der Waals surface area contributed by atoms with Gasteiger partial charge < -0.3 is 0 Å².